The minimum absolute atomic E-state index is 0.992. The molecule has 0 atom stereocenters. The van der Waals surface area contributed by atoms with Gasteiger partial charge in [0.25, 0.3) is 0 Å². The van der Waals surface area contributed by atoms with Crippen molar-refractivity contribution < 1.29 is 0 Å². The van der Waals surface area contributed by atoms with Crippen LogP contribution in [0.3, 0.4) is 0 Å². The van der Waals surface area contributed by atoms with Gasteiger partial charge in [0.2, 0.25) is 0 Å². The molecular formula is C13H18N4. The molecule has 0 bridgehead atoms. The summed E-state index contributed by atoms with van der Waals surface area (Å²) >= 11 is 0. The number of piperazine rings is 1. The van der Waals surface area contributed by atoms with Gasteiger partial charge >= 0.3 is 0 Å². The maximum atomic E-state index is 4.50. The molecule has 90 valence electrons. The Morgan fingerprint density at radius 1 is 1.35 bits per heavy atom. The smallest absolute Gasteiger partial charge is 0.139 e. The molecule has 3 rings (SSSR count). The molecule has 0 saturated carbocycles. The third-order valence-electron chi connectivity index (χ3n) is 3.40. The lowest BCUT2D eigenvalue weighted by molar-refractivity contribution is 0.230. The summed E-state index contributed by atoms with van der Waals surface area (Å²) in [5, 5.41) is 3.38. The molecule has 1 saturated heterocycles. The van der Waals surface area contributed by atoms with Gasteiger partial charge in [-0.15, -0.1) is 0 Å². The SMILES string of the molecule is Cc1cccn2c(CN3CCNCC3)cnc12. The summed E-state index contributed by atoms with van der Waals surface area (Å²) in [6, 6.07) is 4.20. The Hall–Kier alpha value is -1.39. The summed E-state index contributed by atoms with van der Waals surface area (Å²) in [4.78, 5) is 6.98. The molecule has 2 aromatic rings. The average molecular weight is 230 g/mol. The molecule has 0 aliphatic carbocycles. The van der Waals surface area contributed by atoms with Crippen molar-refractivity contribution in [3.63, 3.8) is 0 Å². The van der Waals surface area contributed by atoms with Crippen molar-refractivity contribution in [3.8, 4) is 0 Å². The van der Waals surface area contributed by atoms with Crippen molar-refractivity contribution in [2.24, 2.45) is 0 Å². The van der Waals surface area contributed by atoms with Crippen LogP contribution in [0.1, 0.15) is 11.3 Å². The Kier molecular flexibility index (Phi) is 2.82. The van der Waals surface area contributed by atoms with Crippen LogP contribution >= 0.6 is 0 Å². The number of imidazole rings is 1. The third kappa shape index (κ3) is 2.06. The van der Waals surface area contributed by atoms with Crippen LogP contribution in [-0.4, -0.2) is 40.5 Å². The summed E-state index contributed by atoms with van der Waals surface area (Å²) < 4.78 is 2.21. The van der Waals surface area contributed by atoms with E-state index in [1.54, 1.807) is 0 Å². The number of nitrogens with zero attached hydrogens (tertiary/aromatic N) is 3. The summed E-state index contributed by atoms with van der Waals surface area (Å²) in [5.41, 5.74) is 3.60. The minimum atomic E-state index is 0.992. The van der Waals surface area contributed by atoms with Crippen molar-refractivity contribution in [2.45, 2.75) is 13.5 Å². The molecular weight excluding hydrogens is 212 g/mol. The van der Waals surface area contributed by atoms with Crippen molar-refractivity contribution in [3.05, 3.63) is 35.8 Å². The Morgan fingerprint density at radius 2 is 2.18 bits per heavy atom. The molecule has 2 aromatic heterocycles. The molecule has 0 unspecified atom stereocenters. The number of fused-ring (bicyclic) bond motifs is 1. The van der Waals surface area contributed by atoms with E-state index in [2.05, 4.69) is 44.9 Å². The van der Waals surface area contributed by atoms with Crippen LogP contribution in [0.2, 0.25) is 0 Å². The third-order valence-corrected chi connectivity index (χ3v) is 3.40. The van der Waals surface area contributed by atoms with Gasteiger partial charge in [0, 0.05) is 38.9 Å². The molecule has 17 heavy (non-hydrogen) atoms. The maximum absolute atomic E-state index is 4.50. The van der Waals surface area contributed by atoms with E-state index in [1.807, 2.05) is 6.20 Å². The van der Waals surface area contributed by atoms with E-state index in [0.717, 1.165) is 38.4 Å². The molecule has 1 fully saturated rings. The summed E-state index contributed by atoms with van der Waals surface area (Å²) in [6.07, 6.45) is 4.11. The van der Waals surface area contributed by atoms with Gasteiger partial charge in [0.1, 0.15) is 5.65 Å². The highest BCUT2D eigenvalue weighted by Crippen LogP contribution is 2.12. The second kappa shape index (κ2) is 4.47. The van der Waals surface area contributed by atoms with E-state index >= 15 is 0 Å². The first-order valence-corrected chi connectivity index (χ1v) is 6.19. The standard InChI is InChI=1S/C13H18N4/c1-11-3-2-6-17-12(9-15-13(11)17)10-16-7-4-14-5-8-16/h2-3,6,9,14H,4-5,7-8,10H2,1H3. The van der Waals surface area contributed by atoms with Crippen molar-refractivity contribution >= 4 is 5.65 Å². The molecule has 3 heterocycles. The number of aromatic nitrogens is 2. The minimum Gasteiger partial charge on any atom is -0.314 e. The second-order valence-corrected chi connectivity index (χ2v) is 4.66. The Balaban J connectivity index is 1.87. The van der Waals surface area contributed by atoms with E-state index in [9.17, 15) is 0 Å². The molecule has 1 aliphatic rings. The Morgan fingerprint density at radius 3 is 3.00 bits per heavy atom. The molecule has 1 N–H and O–H groups in total. The maximum Gasteiger partial charge on any atom is 0.139 e. The van der Waals surface area contributed by atoms with E-state index in [-0.39, 0.29) is 0 Å². The number of pyridine rings is 1. The van der Waals surface area contributed by atoms with E-state index in [1.165, 1.54) is 11.3 Å². The van der Waals surface area contributed by atoms with Gasteiger partial charge in [-0.05, 0) is 18.6 Å². The monoisotopic (exact) mass is 230 g/mol. The quantitative estimate of drug-likeness (QED) is 0.837. The largest absolute Gasteiger partial charge is 0.314 e. The van der Waals surface area contributed by atoms with Gasteiger partial charge in [-0.3, -0.25) is 4.90 Å². The zero-order valence-corrected chi connectivity index (χ0v) is 10.2. The number of hydrogen-bond acceptors (Lipinski definition) is 3. The van der Waals surface area contributed by atoms with Gasteiger partial charge in [0.05, 0.1) is 11.9 Å². The zero-order chi connectivity index (χ0) is 11.7. The van der Waals surface area contributed by atoms with Crippen LogP contribution in [0, 0.1) is 6.92 Å². The van der Waals surface area contributed by atoms with Crippen molar-refractivity contribution in [2.75, 3.05) is 26.2 Å². The molecule has 4 nitrogen and oxygen atoms in total. The lowest BCUT2D eigenvalue weighted by atomic mass is 10.3. The number of hydrogen-bond donors (Lipinski definition) is 1. The first-order valence-electron chi connectivity index (χ1n) is 6.19. The predicted octanol–water partition coefficient (Wildman–Crippen LogP) is 1.05. The highest BCUT2D eigenvalue weighted by Gasteiger charge is 2.12. The van der Waals surface area contributed by atoms with Gasteiger partial charge in [-0.25, -0.2) is 4.98 Å². The first kappa shape index (κ1) is 10.7. The van der Waals surface area contributed by atoms with Crippen molar-refractivity contribution in [1.82, 2.24) is 19.6 Å². The van der Waals surface area contributed by atoms with E-state index in [0.29, 0.717) is 0 Å². The van der Waals surface area contributed by atoms with E-state index < -0.39 is 0 Å². The number of aryl methyl sites for hydroxylation is 1. The second-order valence-electron chi connectivity index (χ2n) is 4.66. The molecule has 1 aliphatic heterocycles. The molecule has 0 amide bonds. The van der Waals surface area contributed by atoms with Crippen LogP contribution < -0.4 is 5.32 Å². The highest BCUT2D eigenvalue weighted by atomic mass is 15.2. The van der Waals surface area contributed by atoms with Crippen LogP contribution in [0.25, 0.3) is 5.65 Å². The van der Waals surface area contributed by atoms with Crippen LogP contribution in [0.4, 0.5) is 0 Å². The van der Waals surface area contributed by atoms with Gasteiger partial charge in [-0.1, -0.05) is 6.07 Å². The number of rotatable bonds is 2. The summed E-state index contributed by atoms with van der Waals surface area (Å²) in [5.74, 6) is 0. The highest BCUT2D eigenvalue weighted by molar-refractivity contribution is 5.48. The molecule has 0 aromatic carbocycles. The van der Waals surface area contributed by atoms with Crippen molar-refractivity contribution in [1.29, 1.82) is 0 Å². The fraction of sp³-hybridized carbons (Fsp3) is 0.462. The average Bonchev–Trinajstić information content (AvgIpc) is 2.76. The van der Waals surface area contributed by atoms with Crippen LogP contribution in [0.15, 0.2) is 24.5 Å². The fourth-order valence-corrected chi connectivity index (χ4v) is 2.42. The first-order chi connectivity index (χ1) is 8.34. The fourth-order valence-electron chi connectivity index (χ4n) is 2.42. The predicted molar refractivity (Wildman–Crippen MR) is 68.1 cm³/mol. The van der Waals surface area contributed by atoms with Gasteiger partial charge in [0.15, 0.2) is 0 Å². The number of nitrogens with one attached hydrogen (secondary N) is 1. The zero-order valence-electron chi connectivity index (χ0n) is 10.2. The molecule has 0 spiro atoms. The summed E-state index contributed by atoms with van der Waals surface area (Å²) in [6.45, 7) is 7.53. The lowest BCUT2D eigenvalue weighted by Crippen LogP contribution is -2.43. The van der Waals surface area contributed by atoms with Crippen LogP contribution in [0.5, 0.6) is 0 Å². The Bertz CT molecular complexity index is 511. The van der Waals surface area contributed by atoms with Crippen LogP contribution in [-0.2, 0) is 6.54 Å². The topological polar surface area (TPSA) is 32.6 Å². The van der Waals surface area contributed by atoms with Gasteiger partial charge in [-0.2, -0.15) is 0 Å². The molecule has 0 radical (unpaired) electrons. The normalized spacial score (nSPS) is 17.7. The molecule has 4 heteroatoms. The Labute approximate surface area is 101 Å². The summed E-state index contributed by atoms with van der Waals surface area (Å²) in [7, 11) is 0. The van der Waals surface area contributed by atoms with E-state index in [4.69, 9.17) is 0 Å². The lowest BCUT2D eigenvalue weighted by Gasteiger charge is -2.26. The van der Waals surface area contributed by atoms with Gasteiger partial charge < -0.3 is 9.72 Å².